The molecule has 0 unspecified atom stereocenters. The summed E-state index contributed by atoms with van der Waals surface area (Å²) in [6.45, 7) is 3.95. The van der Waals surface area contributed by atoms with Gasteiger partial charge in [0.15, 0.2) is 0 Å². The third-order valence-corrected chi connectivity index (χ3v) is 3.34. The maximum absolute atomic E-state index is 12.0. The zero-order chi connectivity index (χ0) is 14.0. The van der Waals surface area contributed by atoms with Gasteiger partial charge in [-0.05, 0) is 65.2 Å². The van der Waals surface area contributed by atoms with Crippen molar-refractivity contribution in [3.8, 4) is 0 Å². The van der Waals surface area contributed by atoms with Gasteiger partial charge in [0.05, 0.1) is 11.4 Å². The van der Waals surface area contributed by atoms with Crippen LogP contribution >= 0.6 is 15.9 Å². The minimum absolute atomic E-state index is 0.276. The number of aryl methyl sites for hydroxylation is 2. The number of anilines is 2. The van der Waals surface area contributed by atoms with Crippen LogP contribution in [0.1, 0.15) is 21.6 Å². The lowest BCUT2D eigenvalue weighted by atomic mass is 10.1. The zero-order valence-electron chi connectivity index (χ0n) is 10.7. The molecule has 0 atom stereocenters. The number of hydrogen-bond acceptors (Lipinski definition) is 3. The maximum atomic E-state index is 12.0. The summed E-state index contributed by atoms with van der Waals surface area (Å²) >= 11 is 3.28. The highest BCUT2D eigenvalue weighted by atomic mass is 79.9. The van der Waals surface area contributed by atoms with Crippen molar-refractivity contribution in [2.75, 3.05) is 11.1 Å². The molecule has 0 saturated heterocycles. The number of nitrogens with two attached hydrogens (primary N) is 1. The van der Waals surface area contributed by atoms with Crippen molar-refractivity contribution in [1.82, 2.24) is 4.98 Å². The van der Waals surface area contributed by atoms with Gasteiger partial charge in [-0.3, -0.25) is 4.79 Å². The highest BCUT2D eigenvalue weighted by Gasteiger charge is 2.10. The largest absolute Gasteiger partial charge is 0.397 e. The molecule has 0 fully saturated rings. The van der Waals surface area contributed by atoms with E-state index in [1.54, 1.807) is 18.3 Å². The Bertz CT molecular complexity index is 623. The van der Waals surface area contributed by atoms with Gasteiger partial charge in [-0.1, -0.05) is 0 Å². The highest BCUT2D eigenvalue weighted by molar-refractivity contribution is 9.10. The van der Waals surface area contributed by atoms with E-state index in [4.69, 9.17) is 5.73 Å². The van der Waals surface area contributed by atoms with Crippen LogP contribution in [0.4, 0.5) is 11.4 Å². The summed E-state index contributed by atoms with van der Waals surface area (Å²) < 4.78 is 0.828. The Morgan fingerprint density at radius 3 is 2.58 bits per heavy atom. The molecule has 0 radical (unpaired) electrons. The van der Waals surface area contributed by atoms with Gasteiger partial charge in [0.2, 0.25) is 0 Å². The Morgan fingerprint density at radius 2 is 1.95 bits per heavy atom. The minimum atomic E-state index is -0.276. The van der Waals surface area contributed by atoms with Gasteiger partial charge in [0.1, 0.15) is 5.69 Å². The fourth-order valence-electron chi connectivity index (χ4n) is 1.64. The fraction of sp³-hybridized carbons (Fsp3) is 0.143. The SMILES string of the molecule is Cc1cc(N)c(NC(=O)c2ccc(Br)cn2)cc1C. The van der Waals surface area contributed by atoms with Crippen LogP contribution < -0.4 is 11.1 Å². The normalized spacial score (nSPS) is 10.3. The minimum Gasteiger partial charge on any atom is -0.397 e. The Hall–Kier alpha value is -1.88. The molecule has 1 aromatic heterocycles. The molecular formula is C14H14BrN3O. The Balaban J connectivity index is 2.24. The first kappa shape index (κ1) is 13.5. The Morgan fingerprint density at radius 1 is 1.26 bits per heavy atom. The number of nitrogens with one attached hydrogen (secondary N) is 1. The van der Waals surface area contributed by atoms with Crippen molar-refractivity contribution in [2.24, 2.45) is 0 Å². The van der Waals surface area contributed by atoms with Crippen LogP contribution in [-0.4, -0.2) is 10.9 Å². The molecule has 3 N–H and O–H groups in total. The van der Waals surface area contributed by atoms with Gasteiger partial charge in [-0.2, -0.15) is 0 Å². The van der Waals surface area contributed by atoms with E-state index in [1.165, 1.54) is 0 Å². The Kier molecular flexibility index (Phi) is 3.85. The summed E-state index contributed by atoms with van der Waals surface area (Å²) in [4.78, 5) is 16.1. The fourth-order valence-corrected chi connectivity index (χ4v) is 1.88. The number of rotatable bonds is 2. The van der Waals surface area contributed by atoms with Crippen LogP contribution in [-0.2, 0) is 0 Å². The molecule has 1 aromatic carbocycles. The number of hydrogen-bond donors (Lipinski definition) is 2. The van der Waals surface area contributed by atoms with Crippen LogP contribution in [0.15, 0.2) is 34.9 Å². The Labute approximate surface area is 120 Å². The smallest absolute Gasteiger partial charge is 0.274 e. The lowest BCUT2D eigenvalue weighted by Crippen LogP contribution is -2.15. The summed E-state index contributed by atoms with van der Waals surface area (Å²) in [6, 6.07) is 7.13. The average molecular weight is 320 g/mol. The molecule has 1 amide bonds. The molecule has 4 nitrogen and oxygen atoms in total. The van der Waals surface area contributed by atoms with E-state index in [1.807, 2.05) is 26.0 Å². The summed E-state index contributed by atoms with van der Waals surface area (Å²) in [7, 11) is 0. The van der Waals surface area contributed by atoms with Crippen molar-refractivity contribution in [3.63, 3.8) is 0 Å². The second kappa shape index (κ2) is 5.40. The third-order valence-electron chi connectivity index (χ3n) is 2.87. The molecule has 0 aliphatic heterocycles. The van der Waals surface area contributed by atoms with E-state index < -0.39 is 0 Å². The van der Waals surface area contributed by atoms with Crippen LogP contribution in [0, 0.1) is 13.8 Å². The second-order valence-electron chi connectivity index (χ2n) is 4.34. The van der Waals surface area contributed by atoms with Crippen LogP contribution in [0.25, 0.3) is 0 Å². The third kappa shape index (κ3) is 3.12. The molecule has 0 aliphatic rings. The lowest BCUT2D eigenvalue weighted by Gasteiger charge is -2.10. The van der Waals surface area contributed by atoms with E-state index in [2.05, 4.69) is 26.2 Å². The molecule has 19 heavy (non-hydrogen) atoms. The van der Waals surface area contributed by atoms with Gasteiger partial charge in [0.25, 0.3) is 5.91 Å². The van der Waals surface area contributed by atoms with Gasteiger partial charge in [0, 0.05) is 10.7 Å². The maximum Gasteiger partial charge on any atom is 0.274 e. The number of benzene rings is 1. The van der Waals surface area contributed by atoms with E-state index >= 15 is 0 Å². The van der Waals surface area contributed by atoms with Crippen LogP contribution in [0.3, 0.4) is 0 Å². The quantitative estimate of drug-likeness (QED) is 0.834. The molecule has 2 rings (SSSR count). The average Bonchev–Trinajstić information content (AvgIpc) is 2.36. The summed E-state index contributed by atoms with van der Waals surface area (Å²) in [6.07, 6.45) is 1.58. The molecule has 0 aliphatic carbocycles. The van der Waals surface area contributed by atoms with Gasteiger partial charge < -0.3 is 11.1 Å². The molecule has 5 heteroatoms. The number of carbonyl (C=O) groups is 1. The van der Waals surface area contributed by atoms with Gasteiger partial charge in [-0.25, -0.2) is 4.98 Å². The lowest BCUT2D eigenvalue weighted by molar-refractivity contribution is 0.102. The van der Waals surface area contributed by atoms with Crippen molar-refractivity contribution in [2.45, 2.75) is 13.8 Å². The zero-order valence-corrected chi connectivity index (χ0v) is 12.3. The van der Waals surface area contributed by atoms with E-state index in [-0.39, 0.29) is 5.91 Å². The van der Waals surface area contributed by atoms with Crippen molar-refractivity contribution >= 4 is 33.2 Å². The molecule has 0 saturated carbocycles. The van der Waals surface area contributed by atoms with Crippen LogP contribution in [0.5, 0.6) is 0 Å². The van der Waals surface area contributed by atoms with Crippen LogP contribution in [0.2, 0.25) is 0 Å². The van der Waals surface area contributed by atoms with E-state index in [0.29, 0.717) is 17.1 Å². The van der Waals surface area contributed by atoms with E-state index in [9.17, 15) is 4.79 Å². The molecule has 1 heterocycles. The monoisotopic (exact) mass is 319 g/mol. The first-order chi connectivity index (χ1) is 8.97. The summed E-state index contributed by atoms with van der Waals surface area (Å²) in [5, 5.41) is 2.77. The second-order valence-corrected chi connectivity index (χ2v) is 5.26. The number of nitrogen functional groups attached to an aromatic ring is 1. The first-order valence-electron chi connectivity index (χ1n) is 5.77. The molecular weight excluding hydrogens is 306 g/mol. The molecule has 98 valence electrons. The number of pyridine rings is 1. The topological polar surface area (TPSA) is 68.0 Å². The van der Waals surface area contributed by atoms with Gasteiger partial charge >= 0.3 is 0 Å². The van der Waals surface area contributed by atoms with Gasteiger partial charge in [-0.15, -0.1) is 0 Å². The molecule has 0 bridgehead atoms. The molecule has 2 aromatic rings. The number of carbonyl (C=O) groups excluding carboxylic acids is 1. The number of amides is 1. The predicted molar refractivity (Wildman–Crippen MR) is 80.2 cm³/mol. The van der Waals surface area contributed by atoms with Crippen molar-refractivity contribution in [3.05, 3.63) is 51.8 Å². The predicted octanol–water partition coefficient (Wildman–Crippen LogP) is 3.30. The number of aromatic nitrogens is 1. The summed E-state index contributed by atoms with van der Waals surface area (Å²) in [5.74, 6) is -0.276. The summed E-state index contributed by atoms with van der Waals surface area (Å²) in [5.41, 5.74) is 9.58. The molecule has 0 spiro atoms. The van der Waals surface area contributed by atoms with E-state index in [0.717, 1.165) is 15.6 Å². The number of halogens is 1. The first-order valence-corrected chi connectivity index (χ1v) is 6.56. The highest BCUT2D eigenvalue weighted by Crippen LogP contribution is 2.23. The van der Waals surface area contributed by atoms with Crippen molar-refractivity contribution < 1.29 is 4.79 Å². The van der Waals surface area contributed by atoms with Crippen molar-refractivity contribution in [1.29, 1.82) is 0 Å². The standard InChI is InChI=1S/C14H14BrN3O/c1-8-5-11(16)13(6-9(8)2)18-14(19)12-4-3-10(15)7-17-12/h3-7H,16H2,1-2H3,(H,18,19). The number of nitrogens with zero attached hydrogens (tertiary/aromatic N) is 1.